The van der Waals surface area contributed by atoms with Gasteiger partial charge in [-0.1, -0.05) is 0 Å². The van der Waals surface area contributed by atoms with Gasteiger partial charge in [-0.15, -0.1) is 0 Å². The van der Waals surface area contributed by atoms with Crippen LogP contribution in [0.5, 0.6) is 0 Å². The van der Waals surface area contributed by atoms with Gasteiger partial charge in [-0.25, -0.2) is 9.97 Å². The number of thiazole rings is 1. The fraction of sp³-hybridized carbons (Fsp3) is 0.0714. The number of nitrogens with zero attached hydrogens (tertiary/aromatic N) is 4. The number of hydrogen-bond donors (Lipinski definition) is 0. The molecule has 0 unspecified atom stereocenters. The summed E-state index contributed by atoms with van der Waals surface area (Å²) in [7, 11) is 0. The molecule has 0 aromatic carbocycles. The fourth-order valence-corrected chi connectivity index (χ4v) is 4.06. The van der Waals surface area contributed by atoms with E-state index in [-0.39, 0.29) is 0 Å². The molecule has 0 amide bonds. The van der Waals surface area contributed by atoms with E-state index in [1.54, 1.807) is 11.3 Å². The van der Waals surface area contributed by atoms with Crippen LogP contribution in [0.15, 0.2) is 43.0 Å². The number of hydrogen-bond acceptors (Lipinski definition) is 3. The summed E-state index contributed by atoms with van der Waals surface area (Å²) in [5, 5.41) is 1.25. The highest BCUT2D eigenvalue weighted by atomic mass is 32.1. The molecule has 0 atom stereocenters. The average molecular weight is 265 g/mol. The number of rotatable bonds is 0. The third-order valence-corrected chi connectivity index (χ3v) is 4.87. The van der Waals surface area contributed by atoms with Crippen LogP contribution in [0.25, 0.3) is 26.6 Å². The van der Waals surface area contributed by atoms with Crippen LogP contribution in [0, 0.1) is 0 Å². The Kier molecular flexibility index (Phi) is 1.62. The molecule has 0 bridgehead atoms. The topological polar surface area (TPSA) is 34.1 Å². The largest absolute Gasteiger partial charge is 0.291 e. The Morgan fingerprint density at radius 1 is 1.26 bits per heavy atom. The van der Waals surface area contributed by atoms with E-state index in [0.717, 1.165) is 12.2 Å². The normalized spacial score (nSPS) is 13.1. The van der Waals surface area contributed by atoms with E-state index in [4.69, 9.17) is 0 Å². The Labute approximate surface area is 112 Å². The summed E-state index contributed by atoms with van der Waals surface area (Å²) in [6.07, 6.45) is 5.58. The molecule has 4 aromatic heterocycles. The van der Waals surface area contributed by atoms with Gasteiger partial charge in [0.15, 0.2) is 17.1 Å². The molecule has 5 heterocycles. The molecule has 0 spiro atoms. The molecular weight excluding hydrogens is 256 g/mol. The van der Waals surface area contributed by atoms with Crippen LogP contribution in [0.1, 0.15) is 5.56 Å². The highest BCUT2D eigenvalue weighted by Crippen LogP contribution is 2.34. The zero-order chi connectivity index (χ0) is 12.4. The van der Waals surface area contributed by atoms with Crippen LogP contribution in [-0.2, 0) is 6.54 Å². The van der Waals surface area contributed by atoms with Crippen molar-refractivity contribution in [3.8, 4) is 10.7 Å². The highest BCUT2D eigenvalue weighted by Gasteiger charge is 2.33. The second-order valence-corrected chi connectivity index (χ2v) is 5.69. The van der Waals surface area contributed by atoms with Crippen molar-refractivity contribution in [2.45, 2.75) is 6.54 Å². The van der Waals surface area contributed by atoms with Gasteiger partial charge in [-0.3, -0.25) is 4.40 Å². The third-order valence-electron chi connectivity index (χ3n) is 3.67. The van der Waals surface area contributed by atoms with Crippen molar-refractivity contribution in [2.24, 2.45) is 0 Å². The monoisotopic (exact) mass is 265 g/mol. The predicted molar refractivity (Wildman–Crippen MR) is 73.1 cm³/mol. The van der Waals surface area contributed by atoms with Crippen LogP contribution in [-0.4, -0.2) is 14.4 Å². The first kappa shape index (κ1) is 9.63. The smallest absolute Gasteiger partial charge is 0.286 e. The molecule has 0 N–H and O–H groups in total. The standard InChI is InChI=1S/C14H9N4S/c1-2-9-7-17-11-6-10-3-5-15-8-18(10)13(11)19-14(17)12(9)16-4-1/h1-6,8H,7H2/q+1. The maximum Gasteiger partial charge on any atom is 0.291 e. The van der Waals surface area contributed by atoms with Crippen molar-refractivity contribution in [3.63, 3.8) is 0 Å². The molecule has 0 fully saturated rings. The van der Waals surface area contributed by atoms with Gasteiger partial charge in [0, 0.05) is 18.5 Å². The van der Waals surface area contributed by atoms with E-state index >= 15 is 0 Å². The molecule has 19 heavy (non-hydrogen) atoms. The summed E-state index contributed by atoms with van der Waals surface area (Å²) in [5.41, 5.74) is 4.90. The van der Waals surface area contributed by atoms with Gasteiger partial charge in [0.05, 0.1) is 11.1 Å². The van der Waals surface area contributed by atoms with Gasteiger partial charge >= 0.3 is 0 Å². The van der Waals surface area contributed by atoms with Gasteiger partial charge < -0.3 is 0 Å². The Bertz CT molecular complexity index is 951. The first-order valence-electron chi connectivity index (χ1n) is 6.13. The minimum Gasteiger partial charge on any atom is -0.286 e. The van der Waals surface area contributed by atoms with E-state index in [2.05, 4.69) is 31.1 Å². The van der Waals surface area contributed by atoms with E-state index in [1.165, 1.54) is 26.4 Å². The summed E-state index contributed by atoms with van der Waals surface area (Å²) in [6.45, 7) is 0.919. The number of fused-ring (bicyclic) bond motifs is 7. The minimum absolute atomic E-state index is 0.919. The quantitative estimate of drug-likeness (QED) is 0.402. The Morgan fingerprint density at radius 3 is 3.26 bits per heavy atom. The van der Waals surface area contributed by atoms with Gasteiger partial charge in [0.1, 0.15) is 6.33 Å². The average Bonchev–Trinajstić information content (AvgIpc) is 3.07. The Morgan fingerprint density at radius 2 is 2.26 bits per heavy atom. The summed E-state index contributed by atoms with van der Waals surface area (Å²) in [5.74, 6) is 0. The SMILES string of the molecule is c1cnc2c(c1)C[n+]1c-2sc2c1cc1ccncn12. The second-order valence-electron chi connectivity index (χ2n) is 4.71. The highest BCUT2D eigenvalue weighted by molar-refractivity contribution is 7.20. The fourth-order valence-electron chi connectivity index (χ4n) is 2.80. The van der Waals surface area contributed by atoms with Crippen molar-refractivity contribution in [2.75, 3.05) is 0 Å². The molecule has 1 aliphatic rings. The summed E-state index contributed by atoms with van der Waals surface area (Å²) in [4.78, 5) is 9.97. The molecule has 0 saturated carbocycles. The van der Waals surface area contributed by atoms with Crippen molar-refractivity contribution in [1.29, 1.82) is 0 Å². The van der Waals surface area contributed by atoms with Crippen molar-refractivity contribution in [1.82, 2.24) is 14.4 Å². The lowest BCUT2D eigenvalue weighted by atomic mass is 10.2. The second kappa shape index (κ2) is 3.19. The molecule has 4 aromatic rings. The maximum absolute atomic E-state index is 4.52. The van der Waals surface area contributed by atoms with E-state index in [9.17, 15) is 0 Å². The Balaban J connectivity index is 1.93. The van der Waals surface area contributed by atoms with Crippen molar-refractivity contribution >= 4 is 27.2 Å². The third kappa shape index (κ3) is 1.11. The summed E-state index contributed by atoms with van der Waals surface area (Å²) in [6, 6.07) is 8.43. The zero-order valence-electron chi connectivity index (χ0n) is 9.95. The lowest BCUT2D eigenvalue weighted by Crippen LogP contribution is -2.29. The summed E-state index contributed by atoms with van der Waals surface area (Å²) >= 11 is 1.79. The van der Waals surface area contributed by atoms with Gasteiger partial charge in [0.2, 0.25) is 5.52 Å². The van der Waals surface area contributed by atoms with Gasteiger partial charge in [-0.05, 0) is 29.5 Å². The van der Waals surface area contributed by atoms with Crippen LogP contribution in [0.4, 0.5) is 0 Å². The van der Waals surface area contributed by atoms with Crippen LogP contribution < -0.4 is 4.57 Å². The van der Waals surface area contributed by atoms with Crippen LogP contribution >= 0.6 is 11.3 Å². The van der Waals surface area contributed by atoms with Crippen molar-refractivity contribution in [3.05, 3.63) is 48.5 Å². The molecule has 0 radical (unpaired) electrons. The molecule has 0 saturated heterocycles. The molecular formula is C14H9N4S+. The van der Waals surface area contributed by atoms with E-state index < -0.39 is 0 Å². The first-order chi connectivity index (χ1) is 9.42. The lowest BCUT2D eigenvalue weighted by molar-refractivity contribution is -0.641. The first-order valence-corrected chi connectivity index (χ1v) is 6.95. The molecule has 5 heteroatoms. The summed E-state index contributed by atoms with van der Waals surface area (Å²) < 4.78 is 4.50. The molecule has 0 aliphatic carbocycles. The van der Waals surface area contributed by atoms with E-state index in [1.807, 2.05) is 30.9 Å². The predicted octanol–water partition coefficient (Wildman–Crippen LogP) is 2.26. The molecule has 90 valence electrons. The van der Waals surface area contributed by atoms with Gasteiger partial charge in [-0.2, -0.15) is 4.57 Å². The van der Waals surface area contributed by atoms with Crippen LogP contribution in [0.2, 0.25) is 0 Å². The van der Waals surface area contributed by atoms with Gasteiger partial charge in [0.25, 0.3) is 5.01 Å². The van der Waals surface area contributed by atoms with E-state index in [0.29, 0.717) is 0 Å². The molecule has 1 aliphatic heterocycles. The van der Waals surface area contributed by atoms with Crippen LogP contribution in [0.3, 0.4) is 0 Å². The lowest BCUT2D eigenvalue weighted by Gasteiger charge is -1.91. The molecule has 5 rings (SSSR count). The minimum atomic E-state index is 0.919. The number of pyridine rings is 1. The number of aromatic nitrogens is 4. The van der Waals surface area contributed by atoms with Crippen molar-refractivity contribution < 1.29 is 4.57 Å². The molecule has 4 nitrogen and oxygen atoms in total. The maximum atomic E-state index is 4.52. The zero-order valence-corrected chi connectivity index (χ0v) is 10.8. The Hall–Kier alpha value is -2.27.